The van der Waals surface area contributed by atoms with Gasteiger partial charge in [0.1, 0.15) is 0 Å². The van der Waals surface area contributed by atoms with Crippen LogP contribution in [0, 0.1) is 12.3 Å². The summed E-state index contributed by atoms with van der Waals surface area (Å²) in [6.45, 7) is 7.81. The molecule has 1 saturated carbocycles. The molecule has 0 radical (unpaired) electrons. The van der Waals surface area contributed by atoms with Crippen LogP contribution in [0.3, 0.4) is 0 Å². The van der Waals surface area contributed by atoms with Crippen molar-refractivity contribution < 1.29 is 0 Å². The fraction of sp³-hybridized carbons (Fsp3) is 0.667. The van der Waals surface area contributed by atoms with Crippen molar-refractivity contribution in [2.75, 3.05) is 0 Å². The SMILES string of the molecule is Cc1cccnc1CNC1CCCC(C)(C)C1. The number of aromatic nitrogens is 1. The Morgan fingerprint density at radius 1 is 1.47 bits per heavy atom. The van der Waals surface area contributed by atoms with E-state index >= 15 is 0 Å². The zero-order valence-electron chi connectivity index (χ0n) is 11.3. The Balaban J connectivity index is 1.88. The maximum atomic E-state index is 4.44. The molecule has 1 aliphatic carbocycles. The minimum Gasteiger partial charge on any atom is -0.308 e. The van der Waals surface area contributed by atoms with Gasteiger partial charge in [-0.1, -0.05) is 26.3 Å². The fourth-order valence-electron chi connectivity index (χ4n) is 2.82. The maximum Gasteiger partial charge on any atom is 0.0570 e. The first-order valence-electron chi connectivity index (χ1n) is 6.71. The van der Waals surface area contributed by atoms with Crippen molar-refractivity contribution in [3.63, 3.8) is 0 Å². The van der Waals surface area contributed by atoms with Crippen LogP contribution in [-0.2, 0) is 6.54 Å². The molecule has 1 fully saturated rings. The van der Waals surface area contributed by atoms with Gasteiger partial charge in [0.05, 0.1) is 5.69 Å². The molecule has 0 aromatic carbocycles. The van der Waals surface area contributed by atoms with Gasteiger partial charge in [-0.3, -0.25) is 4.98 Å². The number of hydrogen-bond acceptors (Lipinski definition) is 2. The Bertz CT molecular complexity index is 371. The Hall–Kier alpha value is -0.890. The van der Waals surface area contributed by atoms with Crippen molar-refractivity contribution in [2.45, 2.75) is 59.0 Å². The van der Waals surface area contributed by atoms with Crippen molar-refractivity contribution >= 4 is 0 Å². The molecular formula is C15H24N2. The maximum absolute atomic E-state index is 4.44. The molecule has 2 heteroatoms. The first kappa shape index (κ1) is 12.6. The van der Waals surface area contributed by atoms with E-state index in [1.807, 2.05) is 12.3 Å². The van der Waals surface area contributed by atoms with Gasteiger partial charge >= 0.3 is 0 Å². The molecule has 0 amide bonds. The van der Waals surface area contributed by atoms with E-state index in [9.17, 15) is 0 Å². The lowest BCUT2D eigenvalue weighted by atomic mass is 9.75. The molecule has 0 aliphatic heterocycles. The number of hydrogen-bond donors (Lipinski definition) is 1. The highest BCUT2D eigenvalue weighted by Gasteiger charge is 2.27. The quantitative estimate of drug-likeness (QED) is 0.863. The molecule has 1 heterocycles. The predicted octanol–water partition coefficient (Wildman–Crippen LogP) is 3.45. The van der Waals surface area contributed by atoms with Crippen LogP contribution < -0.4 is 5.32 Å². The summed E-state index contributed by atoms with van der Waals surface area (Å²) < 4.78 is 0. The summed E-state index contributed by atoms with van der Waals surface area (Å²) in [4.78, 5) is 4.44. The van der Waals surface area contributed by atoms with Crippen LogP contribution in [0.1, 0.15) is 50.8 Å². The highest BCUT2D eigenvalue weighted by Crippen LogP contribution is 2.35. The summed E-state index contributed by atoms with van der Waals surface area (Å²) in [5.41, 5.74) is 2.99. The number of nitrogens with zero attached hydrogens (tertiary/aromatic N) is 1. The second kappa shape index (κ2) is 5.18. The number of nitrogens with one attached hydrogen (secondary N) is 1. The third-order valence-electron chi connectivity index (χ3n) is 3.88. The molecule has 17 heavy (non-hydrogen) atoms. The van der Waals surface area contributed by atoms with E-state index in [-0.39, 0.29) is 0 Å². The first-order chi connectivity index (χ1) is 8.07. The number of aryl methyl sites for hydroxylation is 1. The zero-order valence-corrected chi connectivity index (χ0v) is 11.3. The van der Waals surface area contributed by atoms with Crippen LogP contribution in [0.4, 0.5) is 0 Å². The molecule has 1 N–H and O–H groups in total. The summed E-state index contributed by atoms with van der Waals surface area (Å²) in [7, 11) is 0. The molecule has 0 spiro atoms. The van der Waals surface area contributed by atoms with Crippen LogP contribution in [-0.4, -0.2) is 11.0 Å². The van der Waals surface area contributed by atoms with Crippen LogP contribution in [0.25, 0.3) is 0 Å². The van der Waals surface area contributed by atoms with Crippen molar-refractivity contribution in [3.8, 4) is 0 Å². The Morgan fingerprint density at radius 3 is 3.00 bits per heavy atom. The molecular weight excluding hydrogens is 208 g/mol. The Morgan fingerprint density at radius 2 is 2.29 bits per heavy atom. The number of pyridine rings is 1. The molecule has 2 rings (SSSR count). The fourth-order valence-corrected chi connectivity index (χ4v) is 2.82. The lowest BCUT2D eigenvalue weighted by molar-refractivity contribution is 0.197. The van der Waals surface area contributed by atoms with Gasteiger partial charge in [-0.2, -0.15) is 0 Å². The van der Waals surface area contributed by atoms with E-state index in [1.54, 1.807) is 0 Å². The summed E-state index contributed by atoms with van der Waals surface area (Å²) in [6.07, 6.45) is 7.21. The van der Waals surface area contributed by atoms with Gasteiger partial charge in [0, 0.05) is 18.8 Å². The van der Waals surface area contributed by atoms with Gasteiger partial charge < -0.3 is 5.32 Å². The molecule has 2 nitrogen and oxygen atoms in total. The van der Waals surface area contributed by atoms with E-state index in [1.165, 1.54) is 36.9 Å². The molecule has 1 aromatic rings. The summed E-state index contributed by atoms with van der Waals surface area (Å²) in [6, 6.07) is 4.80. The normalized spacial score (nSPS) is 23.6. The first-order valence-corrected chi connectivity index (χ1v) is 6.71. The lowest BCUT2D eigenvalue weighted by Crippen LogP contribution is -2.37. The average molecular weight is 232 g/mol. The van der Waals surface area contributed by atoms with Crippen LogP contribution in [0.15, 0.2) is 18.3 Å². The van der Waals surface area contributed by atoms with E-state index in [0.29, 0.717) is 11.5 Å². The smallest absolute Gasteiger partial charge is 0.0570 e. The second-order valence-corrected chi connectivity index (χ2v) is 6.11. The minimum atomic E-state index is 0.509. The summed E-state index contributed by atoms with van der Waals surface area (Å²) in [5, 5.41) is 3.67. The van der Waals surface area contributed by atoms with Gasteiger partial charge in [-0.05, 0) is 43.2 Å². The van der Waals surface area contributed by atoms with Gasteiger partial charge in [0.25, 0.3) is 0 Å². The Kier molecular flexibility index (Phi) is 3.82. The van der Waals surface area contributed by atoms with Crippen LogP contribution >= 0.6 is 0 Å². The predicted molar refractivity (Wildman–Crippen MR) is 71.9 cm³/mol. The molecule has 1 aromatic heterocycles. The second-order valence-electron chi connectivity index (χ2n) is 6.11. The highest BCUT2D eigenvalue weighted by atomic mass is 14.9. The molecule has 1 unspecified atom stereocenters. The standard InChI is InChI=1S/C15H24N2/c1-12-6-5-9-16-14(12)11-17-13-7-4-8-15(2,3)10-13/h5-6,9,13,17H,4,7-8,10-11H2,1-3H3. The summed E-state index contributed by atoms with van der Waals surface area (Å²) >= 11 is 0. The van der Waals surface area contributed by atoms with Crippen molar-refractivity contribution in [3.05, 3.63) is 29.6 Å². The zero-order chi connectivity index (χ0) is 12.3. The Labute approximate surface area is 105 Å². The third-order valence-corrected chi connectivity index (χ3v) is 3.88. The molecule has 0 saturated heterocycles. The van der Waals surface area contributed by atoms with Crippen LogP contribution in [0.5, 0.6) is 0 Å². The lowest BCUT2D eigenvalue weighted by Gasteiger charge is -2.35. The van der Waals surface area contributed by atoms with Crippen molar-refractivity contribution in [1.29, 1.82) is 0 Å². The minimum absolute atomic E-state index is 0.509. The topological polar surface area (TPSA) is 24.9 Å². The summed E-state index contributed by atoms with van der Waals surface area (Å²) in [5.74, 6) is 0. The monoisotopic (exact) mass is 232 g/mol. The molecule has 1 aliphatic rings. The highest BCUT2D eigenvalue weighted by molar-refractivity contribution is 5.17. The molecule has 94 valence electrons. The average Bonchev–Trinajstić information content (AvgIpc) is 2.27. The molecule has 1 atom stereocenters. The van der Waals surface area contributed by atoms with Crippen molar-refractivity contribution in [2.24, 2.45) is 5.41 Å². The third kappa shape index (κ3) is 3.53. The van der Waals surface area contributed by atoms with E-state index < -0.39 is 0 Å². The molecule has 0 bridgehead atoms. The van der Waals surface area contributed by atoms with Crippen molar-refractivity contribution in [1.82, 2.24) is 10.3 Å². The van der Waals surface area contributed by atoms with E-state index in [0.717, 1.165) is 6.54 Å². The van der Waals surface area contributed by atoms with Gasteiger partial charge in [-0.25, -0.2) is 0 Å². The van der Waals surface area contributed by atoms with E-state index in [4.69, 9.17) is 0 Å². The van der Waals surface area contributed by atoms with Crippen LogP contribution in [0.2, 0.25) is 0 Å². The number of rotatable bonds is 3. The van der Waals surface area contributed by atoms with E-state index in [2.05, 4.69) is 37.1 Å². The van der Waals surface area contributed by atoms with Gasteiger partial charge in [0.15, 0.2) is 0 Å². The van der Waals surface area contributed by atoms with Gasteiger partial charge in [0.2, 0.25) is 0 Å². The van der Waals surface area contributed by atoms with Gasteiger partial charge in [-0.15, -0.1) is 0 Å². The largest absolute Gasteiger partial charge is 0.308 e.